The van der Waals surface area contributed by atoms with Crippen LogP contribution in [0, 0.1) is 0 Å². The van der Waals surface area contributed by atoms with E-state index in [-0.39, 0.29) is 5.91 Å². The van der Waals surface area contributed by atoms with Crippen LogP contribution in [0.15, 0.2) is 91.0 Å². The predicted octanol–water partition coefficient (Wildman–Crippen LogP) is 7.11. The van der Waals surface area contributed by atoms with E-state index in [1.165, 1.54) is 0 Å². The number of aromatic amines is 1. The molecule has 4 aromatic carbocycles. The van der Waals surface area contributed by atoms with E-state index in [1.54, 1.807) is 18.2 Å². The minimum absolute atomic E-state index is 0.248. The van der Waals surface area contributed by atoms with E-state index in [0.717, 1.165) is 28.0 Å². The van der Waals surface area contributed by atoms with Crippen LogP contribution in [0.25, 0.3) is 22.4 Å². The van der Waals surface area contributed by atoms with Crippen LogP contribution >= 0.6 is 11.6 Å². The molecule has 0 aliphatic rings. The van der Waals surface area contributed by atoms with Crippen molar-refractivity contribution in [2.45, 2.75) is 13.5 Å². The van der Waals surface area contributed by atoms with Gasteiger partial charge in [-0.3, -0.25) is 4.79 Å². The van der Waals surface area contributed by atoms with Gasteiger partial charge in [0.1, 0.15) is 12.4 Å². The number of nitrogens with one attached hydrogen (secondary N) is 2. The van der Waals surface area contributed by atoms with E-state index in [0.29, 0.717) is 41.0 Å². The van der Waals surface area contributed by atoms with Crippen molar-refractivity contribution in [1.82, 2.24) is 9.97 Å². The maximum atomic E-state index is 13.0. The molecule has 0 saturated carbocycles. The van der Waals surface area contributed by atoms with Crippen molar-refractivity contribution in [3.8, 4) is 22.9 Å². The van der Waals surface area contributed by atoms with Gasteiger partial charge >= 0.3 is 0 Å². The first kappa shape index (κ1) is 23.5. The van der Waals surface area contributed by atoms with Gasteiger partial charge in [-0.15, -0.1) is 0 Å². The normalized spacial score (nSPS) is 10.8. The quantitative estimate of drug-likeness (QED) is 0.239. The zero-order valence-electron chi connectivity index (χ0n) is 19.6. The van der Waals surface area contributed by atoms with Crippen molar-refractivity contribution in [2.75, 3.05) is 11.9 Å². The molecule has 5 aromatic rings. The van der Waals surface area contributed by atoms with Gasteiger partial charge in [0.2, 0.25) is 0 Å². The maximum Gasteiger partial charge on any atom is 0.255 e. The highest BCUT2D eigenvalue weighted by Gasteiger charge is 2.13. The number of H-pyrrole nitrogens is 1. The summed E-state index contributed by atoms with van der Waals surface area (Å²) in [6.45, 7) is 2.69. The van der Waals surface area contributed by atoms with Crippen molar-refractivity contribution in [3.63, 3.8) is 0 Å². The van der Waals surface area contributed by atoms with E-state index in [2.05, 4.69) is 15.3 Å². The van der Waals surface area contributed by atoms with Crippen molar-refractivity contribution in [3.05, 3.63) is 107 Å². The number of ether oxygens (including phenoxy) is 2. The summed E-state index contributed by atoms with van der Waals surface area (Å²) in [6, 6.07) is 28.0. The Morgan fingerprint density at radius 3 is 2.56 bits per heavy atom. The summed E-state index contributed by atoms with van der Waals surface area (Å²) >= 11 is 5.95. The molecule has 1 aromatic heterocycles. The second-order valence-corrected chi connectivity index (χ2v) is 8.58. The topological polar surface area (TPSA) is 76.2 Å². The summed E-state index contributed by atoms with van der Waals surface area (Å²) in [4.78, 5) is 21.0. The fraction of sp³-hybridized carbons (Fsp3) is 0.103. The molecule has 0 aliphatic heterocycles. The fourth-order valence-corrected chi connectivity index (χ4v) is 3.94. The van der Waals surface area contributed by atoms with Gasteiger partial charge in [0.05, 0.1) is 17.6 Å². The minimum Gasteiger partial charge on any atom is -0.490 e. The van der Waals surface area contributed by atoms with E-state index in [1.807, 2.05) is 79.7 Å². The predicted molar refractivity (Wildman–Crippen MR) is 143 cm³/mol. The number of imidazole rings is 1. The van der Waals surface area contributed by atoms with Crippen molar-refractivity contribution in [2.24, 2.45) is 0 Å². The number of halogens is 1. The van der Waals surface area contributed by atoms with E-state index in [4.69, 9.17) is 21.1 Å². The number of carbonyl (C=O) groups excluding carboxylic acids is 1. The molecule has 0 unspecified atom stereocenters. The van der Waals surface area contributed by atoms with E-state index in [9.17, 15) is 4.79 Å². The van der Waals surface area contributed by atoms with Crippen molar-refractivity contribution in [1.29, 1.82) is 0 Å². The third-order valence-electron chi connectivity index (χ3n) is 5.60. The number of fused-ring (bicyclic) bond motifs is 1. The van der Waals surface area contributed by atoms with Crippen LogP contribution in [0.1, 0.15) is 22.8 Å². The fourth-order valence-electron chi connectivity index (χ4n) is 3.82. The van der Waals surface area contributed by atoms with Crippen molar-refractivity contribution >= 4 is 34.2 Å². The Bertz CT molecular complexity index is 1480. The van der Waals surface area contributed by atoms with Gasteiger partial charge < -0.3 is 19.8 Å². The lowest BCUT2D eigenvalue weighted by molar-refractivity contribution is 0.102. The summed E-state index contributed by atoms with van der Waals surface area (Å²) in [5.74, 6) is 1.57. The Hall–Kier alpha value is -4.29. The van der Waals surface area contributed by atoms with Gasteiger partial charge in [0.25, 0.3) is 5.91 Å². The molecule has 1 amide bonds. The molecule has 180 valence electrons. The first-order chi connectivity index (χ1) is 17.6. The molecule has 0 spiro atoms. The number of para-hydroxylation sites is 2. The highest BCUT2D eigenvalue weighted by Crippen LogP contribution is 2.30. The smallest absolute Gasteiger partial charge is 0.255 e. The Morgan fingerprint density at radius 1 is 0.917 bits per heavy atom. The molecule has 0 radical (unpaired) electrons. The Labute approximate surface area is 213 Å². The molecule has 0 aliphatic carbocycles. The number of nitrogens with zero attached hydrogens (tertiary/aromatic N) is 1. The number of carbonyl (C=O) groups is 1. The lowest BCUT2D eigenvalue weighted by Gasteiger charge is -2.14. The summed E-state index contributed by atoms with van der Waals surface area (Å²) in [6.07, 6.45) is 0. The highest BCUT2D eigenvalue weighted by molar-refractivity contribution is 6.30. The number of aromatic nitrogens is 2. The Morgan fingerprint density at radius 2 is 1.75 bits per heavy atom. The summed E-state index contributed by atoms with van der Waals surface area (Å²) in [7, 11) is 0. The second-order valence-electron chi connectivity index (χ2n) is 8.15. The highest BCUT2D eigenvalue weighted by atomic mass is 35.5. The van der Waals surface area contributed by atoms with Gasteiger partial charge in [0.15, 0.2) is 11.5 Å². The second kappa shape index (κ2) is 10.5. The third-order valence-corrected chi connectivity index (χ3v) is 5.85. The standard InChI is InChI=1S/C29H24ClN3O3/c1-2-35-27-17-21(12-15-26(27)36-18-19-10-13-22(30)14-11-19)29(34)31-23-7-5-6-20(16-23)28-32-24-8-3-4-9-25(24)33-28/h3-17H,2,18H2,1H3,(H,31,34)(H,32,33). The summed E-state index contributed by atoms with van der Waals surface area (Å²) in [5.41, 5.74) is 4.84. The van der Waals surface area contributed by atoms with Crippen LogP contribution < -0.4 is 14.8 Å². The number of amides is 1. The molecule has 0 bridgehead atoms. The number of benzene rings is 4. The molecule has 0 saturated heterocycles. The van der Waals surface area contributed by atoms with Crippen LogP contribution in [-0.4, -0.2) is 22.5 Å². The van der Waals surface area contributed by atoms with Crippen LogP contribution in [0.5, 0.6) is 11.5 Å². The molecule has 0 atom stereocenters. The largest absolute Gasteiger partial charge is 0.490 e. The Kier molecular flexibility index (Phi) is 6.87. The molecule has 7 heteroatoms. The average molecular weight is 498 g/mol. The molecule has 6 nitrogen and oxygen atoms in total. The molecular formula is C29H24ClN3O3. The number of anilines is 1. The van der Waals surface area contributed by atoms with Crippen molar-refractivity contribution < 1.29 is 14.3 Å². The molecule has 2 N–H and O–H groups in total. The van der Waals surface area contributed by atoms with Gasteiger partial charge in [-0.1, -0.05) is 48.0 Å². The summed E-state index contributed by atoms with van der Waals surface area (Å²) in [5, 5.41) is 3.64. The molecular weight excluding hydrogens is 474 g/mol. The molecule has 0 fully saturated rings. The van der Waals surface area contributed by atoms with E-state index < -0.39 is 0 Å². The SMILES string of the molecule is CCOc1cc(C(=O)Nc2cccc(-c3nc4ccccc4[nH]3)c2)ccc1OCc1ccc(Cl)cc1. The maximum absolute atomic E-state index is 13.0. The van der Waals surface area contributed by atoms with Crippen LogP contribution in [-0.2, 0) is 6.61 Å². The number of hydrogen-bond donors (Lipinski definition) is 2. The van der Waals surface area contributed by atoms with Gasteiger partial charge in [-0.25, -0.2) is 4.98 Å². The number of rotatable bonds is 8. The minimum atomic E-state index is -0.248. The van der Waals surface area contributed by atoms with Crippen LogP contribution in [0.2, 0.25) is 5.02 Å². The van der Waals surface area contributed by atoms with E-state index >= 15 is 0 Å². The first-order valence-corrected chi connectivity index (χ1v) is 12.0. The number of hydrogen-bond acceptors (Lipinski definition) is 4. The zero-order valence-corrected chi connectivity index (χ0v) is 20.4. The molecule has 36 heavy (non-hydrogen) atoms. The first-order valence-electron chi connectivity index (χ1n) is 11.6. The van der Waals surface area contributed by atoms with Gasteiger partial charge in [0, 0.05) is 21.8 Å². The van der Waals surface area contributed by atoms with Crippen LogP contribution in [0.4, 0.5) is 5.69 Å². The molecule has 5 rings (SSSR count). The lowest BCUT2D eigenvalue weighted by Crippen LogP contribution is -2.12. The lowest BCUT2D eigenvalue weighted by atomic mass is 10.1. The summed E-state index contributed by atoms with van der Waals surface area (Å²) < 4.78 is 11.7. The van der Waals surface area contributed by atoms with Gasteiger partial charge in [-0.2, -0.15) is 0 Å². The zero-order chi connectivity index (χ0) is 24.9. The molecule has 1 heterocycles. The van der Waals surface area contributed by atoms with Crippen LogP contribution in [0.3, 0.4) is 0 Å². The monoisotopic (exact) mass is 497 g/mol. The Balaban J connectivity index is 1.31. The average Bonchev–Trinajstić information content (AvgIpc) is 3.34. The third kappa shape index (κ3) is 5.34. The van der Waals surface area contributed by atoms with Gasteiger partial charge in [-0.05, 0) is 67.1 Å².